The Kier molecular flexibility index (Phi) is 1.65. The Morgan fingerprint density at radius 3 is 2.92 bits per heavy atom. The van der Waals surface area contributed by atoms with E-state index in [2.05, 4.69) is 9.72 Å². The zero-order valence-corrected chi connectivity index (χ0v) is 6.84. The number of esters is 2. The minimum absolute atomic E-state index is 0.128. The summed E-state index contributed by atoms with van der Waals surface area (Å²) >= 11 is 1.40. The summed E-state index contributed by atoms with van der Waals surface area (Å²) in [7, 11) is 0. The third-order valence-electron chi connectivity index (χ3n) is 1.68. The van der Waals surface area contributed by atoms with E-state index in [1.165, 1.54) is 11.3 Å². The van der Waals surface area contributed by atoms with Gasteiger partial charge in [0, 0.05) is 5.38 Å². The summed E-state index contributed by atoms with van der Waals surface area (Å²) in [5.41, 5.74) is 2.27. The molecule has 62 valence electrons. The molecule has 1 aliphatic rings. The van der Waals surface area contributed by atoms with Crippen molar-refractivity contribution in [1.82, 2.24) is 4.98 Å². The standard InChI is InChI=1S/C7H5NO3S/c9-6-1-4(7(10)11-6)5-2-12-3-8-5/h2-4H,1H2. The molecule has 1 aromatic heterocycles. The summed E-state index contributed by atoms with van der Waals surface area (Å²) in [6.07, 6.45) is 0.128. The second-order valence-corrected chi connectivity index (χ2v) is 3.18. The molecule has 1 aliphatic heterocycles. The predicted molar refractivity (Wildman–Crippen MR) is 40.6 cm³/mol. The number of cyclic esters (lactones) is 2. The normalized spacial score (nSPS) is 22.8. The van der Waals surface area contributed by atoms with Crippen molar-refractivity contribution in [3.8, 4) is 0 Å². The largest absolute Gasteiger partial charge is 0.393 e. The van der Waals surface area contributed by atoms with Gasteiger partial charge in [-0.05, 0) is 0 Å². The molecule has 0 saturated carbocycles. The number of ether oxygens (including phenoxy) is 1. The van der Waals surface area contributed by atoms with Gasteiger partial charge in [-0.1, -0.05) is 0 Å². The highest BCUT2D eigenvalue weighted by molar-refractivity contribution is 7.07. The van der Waals surface area contributed by atoms with Crippen molar-refractivity contribution < 1.29 is 14.3 Å². The first-order valence-electron chi connectivity index (χ1n) is 3.40. The minimum Gasteiger partial charge on any atom is -0.393 e. The molecule has 1 fully saturated rings. The summed E-state index contributed by atoms with van der Waals surface area (Å²) in [6, 6.07) is 0. The first-order valence-corrected chi connectivity index (χ1v) is 4.34. The highest BCUT2D eigenvalue weighted by atomic mass is 32.1. The summed E-state index contributed by atoms with van der Waals surface area (Å²) in [6.45, 7) is 0. The maximum Gasteiger partial charge on any atom is 0.323 e. The molecule has 1 aromatic rings. The van der Waals surface area contributed by atoms with Gasteiger partial charge in [0.1, 0.15) is 5.92 Å². The van der Waals surface area contributed by atoms with Crippen molar-refractivity contribution in [3.63, 3.8) is 0 Å². The number of rotatable bonds is 1. The Morgan fingerprint density at radius 1 is 1.58 bits per heavy atom. The molecule has 12 heavy (non-hydrogen) atoms. The van der Waals surface area contributed by atoms with Crippen LogP contribution in [0, 0.1) is 0 Å². The fourth-order valence-electron chi connectivity index (χ4n) is 1.09. The van der Waals surface area contributed by atoms with E-state index in [0.717, 1.165) is 0 Å². The molecule has 5 heteroatoms. The highest BCUT2D eigenvalue weighted by Gasteiger charge is 2.35. The van der Waals surface area contributed by atoms with Gasteiger partial charge in [0.2, 0.25) is 0 Å². The Balaban J connectivity index is 2.26. The zero-order valence-electron chi connectivity index (χ0n) is 6.02. The molecule has 0 aliphatic carbocycles. The monoisotopic (exact) mass is 183 g/mol. The Hall–Kier alpha value is -1.23. The summed E-state index contributed by atoms with van der Waals surface area (Å²) in [5.74, 6) is -1.41. The number of carbonyl (C=O) groups excluding carboxylic acids is 2. The summed E-state index contributed by atoms with van der Waals surface area (Å²) < 4.78 is 4.38. The average molecular weight is 183 g/mol. The van der Waals surface area contributed by atoms with Crippen LogP contribution in [0.1, 0.15) is 18.0 Å². The van der Waals surface area contributed by atoms with E-state index in [1.807, 2.05) is 0 Å². The molecule has 2 heterocycles. The van der Waals surface area contributed by atoms with Crippen molar-refractivity contribution >= 4 is 23.3 Å². The van der Waals surface area contributed by atoms with Crippen LogP contribution in [-0.2, 0) is 14.3 Å². The molecule has 1 saturated heterocycles. The molecule has 0 aromatic carbocycles. The first kappa shape index (κ1) is 7.42. The van der Waals surface area contributed by atoms with E-state index >= 15 is 0 Å². The molecule has 0 spiro atoms. The van der Waals surface area contributed by atoms with E-state index in [0.29, 0.717) is 5.69 Å². The van der Waals surface area contributed by atoms with Crippen LogP contribution in [0.2, 0.25) is 0 Å². The summed E-state index contributed by atoms with van der Waals surface area (Å²) in [4.78, 5) is 25.6. The maximum absolute atomic E-state index is 11.0. The van der Waals surface area contributed by atoms with Gasteiger partial charge in [0.15, 0.2) is 0 Å². The van der Waals surface area contributed by atoms with Gasteiger partial charge < -0.3 is 4.74 Å². The predicted octanol–water partition coefficient (Wildman–Crippen LogP) is 0.700. The third kappa shape index (κ3) is 1.12. The van der Waals surface area contributed by atoms with Crippen LogP contribution in [-0.4, -0.2) is 16.9 Å². The molecule has 0 bridgehead atoms. The number of carbonyl (C=O) groups is 2. The second kappa shape index (κ2) is 2.67. The summed E-state index contributed by atoms with van der Waals surface area (Å²) in [5, 5.41) is 1.75. The molecule has 0 amide bonds. The Labute approximate surface area is 72.2 Å². The molecule has 1 atom stereocenters. The lowest BCUT2D eigenvalue weighted by molar-refractivity contribution is -0.152. The second-order valence-electron chi connectivity index (χ2n) is 2.46. The van der Waals surface area contributed by atoms with E-state index in [1.54, 1.807) is 10.9 Å². The molecular formula is C7H5NO3S. The van der Waals surface area contributed by atoms with Crippen molar-refractivity contribution in [2.24, 2.45) is 0 Å². The number of nitrogens with zero attached hydrogens (tertiary/aromatic N) is 1. The lowest BCUT2D eigenvalue weighted by Gasteiger charge is -1.96. The van der Waals surface area contributed by atoms with Gasteiger partial charge in [0.25, 0.3) is 0 Å². The average Bonchev–Trinajstić information content (AvgIpc) is 2.58. The lowest BCUT2D eigenvalue weighted by atomic mass is 10.1. The molecule has 1 unspecified atom stereocenters. The van der Waals surface area contributed by atoms with Crippen LogP contribution in [0.5, 0.6) is 0 Å². The smallest absolute Gasteiger partial charge is 0.323 e. The van der Waals surface area contributed by atoms with E-state index in [4.69, 9.17) is 0 Å². The number of hydrogen-bond acceptors (Lipinski definition) is 5. The van der Waals surface area contributed by atoms with E-state index < -0.39 is 17.9 Å². The van der Waals surface area contributed by atoms with E-state index in [-0.39, 0.29) is 6.42 Å². The SMILES string of the molecule is O=C1CC(c2cscn2)C(=O)O1. The van der Waals surface area contributed by atoms with Gasteiger partial charge in [0.05, 0.1) is 17.6 Å². The quantitative estimate of drug-likeness (QED) is 0.475. The Morgan fingerprint density at radius 2 is 2.42 bits per heavy atom. The molecular weight excluding hydrogens is 178 g/mol. The zero-order chi connectivity index (χ0) is 8.55. The van der Waals surface area contributed by atoms with Crippen LogP contribution in [0.4, 0.5) is 0 Å². The van der Waals surface area contributed by atoms with Gasteiger partial charge in [-0.3, -0.25) is 9.59 Å². The van der Waals surface area contributed by atoms with Crippen molar-refractivity contribution in [3.05, 3.63) is 16.6 Å². The van der Waals surface area contributed by atoms with Crippen molar-refractivity contribution in [2.45, 2.75) is 12.3 Å². The van der Waals surface area contributed by atoms with Crippen molar-refractivity contribution in [2.75, 3.05) is 0 Å². The van der Waals surface area contributed by atoms with E-state index in [9.17, 15) is 9.59 Å². The number of aromatic nitrogens is 1. The van der Waals surface area contributed by atoms with Crippen LogP contribution < -0.4 is 0 Å². The lowest BCUT2D eigenvalue weighted by Crippen LogP contribution is -2.05. The van der Waals surface area contributed by atoms with Gasteiger partial charge in [-0.15, -0.1) is 11.3 Å². The van der Waals surface area contributed by atoms with Crippen LogP contribution in [0.3, 0.4) is 0 Å². The third-order valence-corrected chi connectivity index (χ3v) is 2.28. The van der Waals surface area contributed by atoms with Crippen LogP contribution in [0.25, 0.3) is 0 Å². The molecule has 0 N–H and O–H groups in total. The fraction of sp³-hybridized carbons (Fsp3) is 0.286. The fourth-order valence-corrected chi connectivity index (χ4v) is 1.70. The van der Waals surface area contributed by atoms with Crippen molar-refractivity contribution in [1.29, 1.82) is 0 Å². The maximum atomic E-state index is 11.0. The Bertz CT molecular complexity index is 319. The molecule has 2 rings (SSSR count). The number of thiazole rings is 1. The molecule has 4 nitrogen and oxygen atoms in total. The van der Waals surface area contributed by atoms with Gasteiger partial charge >= 0.3 is 11.9 Å². The van der Waals surface area contributed by atoms with Crippen LogP contribution >= 0.6 is 11.3 Å². The molecule has 0 radical (unpaired) electrons. The minimum atomic E-state index is -0.481. The topological polar surface area (TPSA) is 56.3 Å². The van der Waals surface area contributed by atoms with Gasteiger partial charge in [-0.2, -0.15) is 0 Å². The first-order chi connectivity index (χ1) is 5.77. The number of hydrogen-bond donors (Lipinski definition) is 0. The highest BCUT2D eigenvalue weighted by Crippen LogP contribution is 2.26. The van der Waals surface area contributed by atoms with Crippen LogP contribution in [0.15, 0.2) is 10.9 Å². The van der Waals surface area contributed by atoms with Gasteiger partial charge in [-0.25, -0.2) is 4.98 Å².